The molecule has 2 aromatic carbocycles. The average molecular weight is 403 g/mol. The van der Waals surface area contributed by atoms with Crippen LogP contribution in [0.4, 0.5) is 5.69 Å². The predicted molar refractivity (Wildman–Crippen MR) is 104 cm³/mol. The first kappa shape index (κ1) is 21.4. The summed E-state index contributed by atoms with van der Waals surface area (Å²) in [5.74, 6) is -1.52. The smallest absolute Gasteiger partial charge is 0.261 e. The van der Waals surface area contributed by atoms with Crippen LogP contribution in [0, 0.1) is 0 Å². The molecule has 1 amide bonds. The van der Waals surface area contributed by atoms with Gasteiger partial charge >= 0.3 is 0 Å². The number of benzene rings is 2. The molecule has 0 unspecified atom stereocenters. The van der Waals surface area contributed by atoms with Crippen LogP contribution in [0.3, 0.4) is 0 Å². The summed E-state index contributed by atoms with van der Waals surface area (Å²) in [6, 6.07) is 12.2. The zero-order valence-corrected chi connectivity index (χ0v) is 16.6. The Kier molecular flexibility index (Phi) is 7.17. The molecule has 0 aliphatic rings. The SMILES string of the molecule is CC[C@@H](C)NC(=O)c1ccccc1NS(=O)(=O)c1ccc(CCC(=O)[O-])cc1. The van der Waals surface area contributed by atoms with E-state index in [1.54, 1.807) is 30.3 Å². The minimum atomic E-state index is -3.91. The molecule has 0 saturated carbocycles. The van der Waals surface area contributed by atoms with E-state index in [2.05, 4.69) is 10.0 Å². The summed E-state index contributed by atoms with van der Waals surface area (Å²) in [7, 11) is -3.91. The highest BCUT2D eigenvalue weighted by Crippen LogP contribution is 2.21. The van der Waals surface area contributed by atoms with Gasteiger partial charge < -0.3 is 15.2 Å². The van der Waals surface area contributed by atoms with Crippen LogP contribution in [0.1, 0.15) is 42.6 Å². The van der Waals surface area contributed by atoms with Crippen molar-refractivity contribution in [3.63, 3.8) is 0 Å². The summed E-state index contributed by atoms with van der Waals surface area (Å²) < 4.78 is 27.8. The average Bonchev–Trinajstić information content (AvgIpc) is 2.66. The fraction of sp³-hybridized carbons (Fsp3) is 0.300. The monoisotopic (exact) mass is 403 g/mol. The third kappa shape index (κ3) is 5.82. The van der Waals surface area contributed by atoms with E-state index >= 15 is 0 Å². The van der Waals surface area contributed by atoms with Gasteiger partial charge in [0.2, 0.25) is 0 Å². The van der Waals surface area contributed by atoms with Crippen LogP contribution in [0.2, 0.25) is 0 Å². The molecule has 2 rings (SSSR count). The van der Waals surface area contributed by atoms with Gasteiger partial charge in [-0.25, -0.2) is 8.42 Å². The molecule has 0 radical (unpaired) electrons. The predicted octanol–water partition coefficient (Wildman–Crippen LogP) is 1.70. The van der Waals surface area contributed by atoms with Crippen molar-refractivity contribution in [2.24, 2.45) is 0 Å². The Bertz CT molecular complexity index is 939. The molecule has 8 heteroatoms. The number of rotatable bonds is 9. The number of carbonyl (C=O) groups excluding carboxylic acids is 2. The van der Waals surface area contributed by atoms with Crippen molar-refractivity contribution in [1.82, 2.24) is 5.32 Å². The molecule has 0 heterocycles. The fourth-order valence-corrected chi connectivity index (χ4v) is 3.54. The van der Waals surface area contributed by atoms with Gasteiger partial charge in [-0.05, 0) is 56.0 Å². The number of sulfonamides is 1. The van der Waals surface area contributed by atoms with Gasteiger partial charge in [-0.1, -0.05) is 31.2 Å². The zero-order chi connectivity index (χ0) is 20.7. The van der Waals surface area contributed by atoms with Crippen LogP contribution in [0.25, 0.3) is 0 Å². The first-order valence-corrected chi connectivity index (χ1v) is 10.4. The van der Waals surface area contributed by atoms with Crippen molar-refractivity contribution in [1.29, 1.82) is 0 Å². The zero-order valence-electron chi connectivity index (χ0n) is 15.8. The second kappa shape index (κ2) is 9.36. The van der Waals surface area contributed by atoms with E-state index in [1.807, 2.05) is 13.8 Å². The molecule has 2 N–H and O–H groups in total. The van der Waals surface area contributed by atoms with E-state index in [1.165, 1.54) is 18.2 Å². The molecule has 0 bridgehead atoms. The van der Waals surface area contributed by atoms with Gasteiger partial charge in [0.1, 0.15) is 0 Å². The topological polar surface area (TPSA) is 115 Å². The molecule has 0 spiro atoms. The molecule has 0 fully saturated rings. The molecule has 7 nitrogen and oxygen atoms in total. The molecule has 1 atom stereocenters. The number of anilines is 1. The first-order chi connectivity index (χ1) is 13.2. The van der Waals surface area contributed by atoms with Crippen LogP contribution in [0.5, 0.6) is 0 Å². The van der Waals surface area contributed by atoms with Gasteiger partial charge in [0, 0.05) is 12.0 Å². The normalized spacial score (nSPS) is 12.2. The summed E-state index contributed by atoms with van der Waals surface area (Å²) >= 11 is 0. The second-order valence-electron chi connectivity index (χ2n) is 6.45. The molecule has 2 aromatic rings. The number of carboxylic acid groups (broad SMARTS) is 1. The fourth-order valence-electron chi connectivity index (χ4n) is 2.46. The van der Waals surface area contributed by atoms with Crippen LogP contribution in [0.15, 0.2) is 53.4 Å². The Labute approximate surface area is 164 Å². The molecule has 150 valence electrons. The Balaban J connectivity index is 2.20. The lowest BCUT2D eigenvalue weighted by atomic mass is 10.1. The van der Waals surface area contributed by atoms with Crippen LogP contribution >= 0.6 is 0 Å². The highest BCUT2D eigenvalue weighted by molar-refractivity contribution is 7.92. The van der Waals surface area contributed by atoms with Gasteiger partial charge in [-0.2, -0.15) is 0 Å². The molecular weight excluding hydrogens is 380 g/mol. The molecule has 0 saturated heterocycles. The van der Waals surface area contributed by atoms with E-state index in [4.69, 9.17) is 0 Å². The van der Waals surface area contributed by atoms with Crippen molar-refractivity contribution >= 4 is 27.6 Å². The molecule has 0 aromatic heterocycles. The highest BCUT2D eigenvalue weighted by atomic mass is 32.2. The van der Waals surface area contributed by atoms with Crippen molar-refractivity contribution in [3.8, 4) is 0 Å². The minimum Gasteiger partial charge on any atom is -0.550 e. The Morgan fingerprint density at radius 2 is 1.71 bits per heavy atom. The number of amides is 1. The van der Waals surface area contributed by atoms with Gasteiger partial charge in [0.25, 0.3) is 15.9 Å². The van der Waals surface area contributed by atoms with E-state index in [-0.39, 0.29) is 40.9 Å². The number of hydrogen-bond donors (Lipinski definition) is 2. The lowest BCUT2D eigenvalue weighted by molar-refractivity contribution is -0.305. The number of hydrogen-bond acceptors (Lipinski definition) is 5. The van der Waals surface area contributed by atoms with Crippen molar-refractivity contribution in [3.05, 3.63) is 59.7 Å². The number of para-hydroxylation sites is 1. The summed E-state index contributed by atoms with van der Waals surface area (Å²) in [6.07, 6.45) is 0.877. The largest absolute Gasteiger partial charge is 0.550 e. The Morgan fingerprint density at radius 1 is 1.07 bits per heavy atom. The van der Waals surface area contributed by atoms with Gasteiger partial charge in [0.15, 0.2) is 0 Å². The summed E-state index contributed by atoms with van der Waals surface area (Å²) in [5.41, 5.74) is 1.11. The maximum absolute atomic E-state index is 12.7. The van der Waals surface area contributed by atoms with E-state index in [9.17, 15) is 23.1 Å². The van der Waals surface area contributed by atoms with Crippen molar-refractivity contribution in [2.75, 3.05) is 4.72 Å². The van der Waals surface area contributed by atoms with Crippen LogP contribution < -0.4 is 15.1 Å². The third-order valence-corrected chi connectivity index (χ3v) is 5.64. The minimum absolute atomic E-state index is 0.0156. The third-order valence-electron chi connectivity index (χ3n) is 4.26. The summed E-state index contributed by atoms with van der Waals surface area (Å²) in [5, 5.41) is 13.3. The standard InChI is InChI=1S/C20H24N2O5S/c1-3-14(2)21-20(25)17-6-4-5-7-18(17)22-28(26,27)16-11-8-15(9-12-16)10-13-19(23)24/h4-9,11-12,14,22H,3,10,13H2,1-2H3,(H,21,25)(H,23,24)/p-1/t14-/m1/s1. The molecular formula is C20H23N2O5S-. The Morgan fingerprint density at radius 3 is 2.32 bits per heavy atom. The maximum Gasteiger partial charge on any atom is 0.261 e. The number of carboxylic acids is 1. The first-order valence-electron chi connectivity index (χ1n) is 8.94. The van der Waals surface area contributed by atoms with E-state index < -0.39 is 16.0 Å². The van der Waals surface area contributed by atoms with Gasteiger partial charge in [0.05, 0.1) is 16.1 Å². The highest BCUT2D eigenvalue weighted by Gasteiger charge is 2.19. The quantitative estimate of drug-likeness (QED) is 0.661. The molecule has 28 heavy (non-hydrogen) atoms. The van der Waals surface area contributed by atoms with Crippen LogP contribution in [-0.4, -0.2) is 26.3 Å². The molecule has 0 aliphatic heterocycles. The second-order valence-corrected chi connectivity index (χ2v) is 8.13. The van der Waals surface area contributed by atoms with Gasteiger partial charge in [-0.15, -0.1) is 0 Å². The van der Waals surface area contributed by atoms with Crippen LogP contribution in [-0.2, 0) is 21.2 Å². The van der Waals surface area contributed by atoms with E-state index in [0.717, 1.165) is 6.42 Å². The van der Waals surface area contributed by atoms with E-state index in [0.29, 0.717) is 5.56 Å². The van der Waals surface area contributed by atoms with Crippen molar-refractivity contribution < 1.29 is 23.1 Å². The number of nitrogens with one attached hydrogen (secondary N) is 2. The number of aliphatic carboxylic acids is 1. The lowest BCUT2D eigenvalue weighted by Gasteiger charge is -2.15. The molecule has 0 aliphatic carbocycles. The van der Waals surface area contributed by atoms with Gasteiger partial charge in [-0.3, -0.25) is 9.52 Å². The maximum atomic E-state index is 12.7. The Hall–Kier alpha value is -2.87. The number of carbonyl (C=O) groups is 2. The number of aryl methyl sites for hydroxylation is 1. The van der Waals surface area contributed by atoms with Crippen molar-refractivity contribution in [2.45, 2.75) is 44.0 Å². The lowest BCUT2D eigenvalue weighted by Crippen LogP contribution is -2.32. The summed E-state index contributed by atoms with van der Waals surface area (Å²) in [6.45, 7) is 3.81. The summed E-state index contributed by atoms with van der Waals surface area (Å²) in [4.78, 5) is 23.0.